The first kappa shape index (κ1) is 21.3. The summed E-state index contributed by atoms with van der Waals surface area (Å²) >= 11 is 19.3. The highest BCUT2D eigenvalue weighted by molar-refractivity contribution is 7.12. The van der Waals surface area contributed by atoms with Crippen molar-refractivity contribution >= 4 is 52.0 Å². The van der Waals surface area contributed by atoms with Crippen LogP contribution in [0.25, 0.3) is 0 Å². The zero-order valence-corrected chi connectivity index (χ0v) is 17.0. The van der Waals surface area contributed by atoms with Gasteiger partial charge in [0.1, 0.15) is 22.7 Å². The molecule has 1 amide bonds. The summed E-state index contributed by atoms with van der Waals surface area (Å²) in [6.07, 6.45) is 0.454. The van der Waals surface area contributed by atoms with Crippen LogP contribution in [0, 0.1) is 22.7 Å². The molecule has 0 aliphatic carbocycles. The van der Waals surface area contributed by atoms with Gasteiger partial charge in [-0.3, -0.25) is 4.79 Å². The van der Waals surface area contributed by atoms with Gasteiger partial charge in [0.05, 0.1) is 27.8 Å². The number of hydrogen-bond acceptors (Lipinski definition) is 6. The van der Waals surface area contributed by atoms with Gasteiger partial charge in [-0.25, -0.2) is 0 Å². The Morgan fingerprint density at radius 3 is 2.41 bits per heavy atom. The smallest absolute Gasteiger partial charge is 0.253 e. The van der Waals surface area contributed by atoms with Crippen molar-refractivity contribution in [3.05, 3.63) is 42.7 Å². The molecular weight excluding hydrogens is 433 g/mol. The average molecular weight is 445 g/mol. The van der Waals surface area contributed by atoms with Gasteiger partial charge in [0, 0.05) is 6.61 Å². The Morgan fingerprint density at radius 2 is 1.85 bits per heavy atom. The van der Waals surface area contributed by atoms with E-state index in [1.165, 1.54) is 0 Å². The van der Waals surface area contributed by atoms with Gasteiger partial charge in [-0.2, -0.15) is 10.5 Å². The Morgan fingerprint density at radius 1 is 1.19 bits per heavy atom. The standard InChI is InChI=1S/C17H12Cl3N3O3S/c1-2-25-4-3-8-7-27-17(11(8)16(23)24)26-15-10(6-22)9(5-21)12(18)13(19)14(15)20/h7H,2-4H2,1H3,(H2,23,24). The molecule has 10 heteroatoms. The van der Waals surface area contributed by atoms with Gasteiger partial charge in [0.15, 0.2) is 10.8 Å². The summed E-state index contributed by atoms with van der Waals surface area (Å²) in [6, 6.07) is 3.64. The number of benzene rings is 1. The number of ether oxygens (including phenoxy) is 2. The molecule has 0 aliphatic rings. The molecular formula is C17H12Cl3N3O3S. The number of carbonyl (C=O) groups excluding carboxylic acids is 1. The third-order valence-corrected chi connectivity index (χ3v) is 5.71. The maximum atomic E-state index is 11.9. The zero-order valence-electron chi connectivity index (χ0n) is 13.9. The fraction of sp³-hybridized carbons (Fsp3) is 0.235. The predicted octanol–water partition coefficient (Wildman–Crippen LogP) is 4.92. The summed E-state index contributed by atoms with van der Waals surface area (Å²) in [7, 11) is 0. The Labute approximate surface area is 174 Å². The Hall–Kier alpha value is -2.00. The van der Waals surface area contributed by atoms with Crippen LogP contribution in [-0.2, 0) is 11.2 Å². The van der Waals surface area contributed by atoms with E-state index in [1.807, 2.05) is 13.0 Å². The molecule has 1 aromatic heterocycles. The van der Waals surface area contributed by atoms with E-state index >= 15 is 0 Å². The molecule has 0 spiro atoms. The molecule has 0 aliphatic heterocycles. The Bertz CT molecular complexity index is 977. The lowest BCUT2D eigenvalue weighted by molar-refractivity contribution is 0.0997. The number of amides is 1. The number of nitriles is 2. The van der Waals surface area contributed by atoms with Crippen LogP contribution >= 0.6 is 46.1 Å². The van der Waals surface area contributed by atoms with Crippen molar-refractivity contribution in [3.8, 4) is 23.0 Å². The first-order valence-electron chi connectivity index (χ1n) is 7.53. The zero-order chi connectivity index (χ0) is 20.1. The molecule has 1 aromatic carbocycles. The minimum absolute atomic E-state index is 0.127. The highest BCUT2D eigenvalue weighted by Gasteiger charge is 2.26. The predicted molar refractivity (Wildman–Crippen MR) is 104 cm³/mol. The van der Waals surface area contributed by atoms with Crippen molar-refractivity contribution in [1.82, 2.24) is 0 Å². The minimum atomic E-state index is -0.701. The maximum absolute atomic E-state index is 11.9. The number of carbonyl (C=O) groups is 1. The summed E-state index contributed by atoms with van der Waals surface area (Å²) in [4.78, 5) is 11.9. The number of halogens is 3. The van der Waals surface area contributed by atoms with Gasteiger partial charge in [-0.05, 0) is 24.3 Å². The van der Waals surface area contributed by atoms with Crippen molar-refractivity contribution in [2.75, 3.05) is 13.2 Å². The molecule has 0 fully saturated rings. The molecule has 0 radical (unpaired) electrons. The SMILES string of the molecule is CCOCCc1csc(Oc2c(Cl)c(Cl)c(Cl)c(C#N)c2C#N)c1C(N)=O. The largest absolute Gasteiger partial charge is 0.443 e. The molecule has 140 valence electrons. The van der Waals surface area contributed by atoms with E-state index in [2.05, 4.69) is 0 Å². The van der Waals surface area contributed by atoms with Crippen molar-refractivity contribution < 1.29 is 14.3 Å². The number of nitrogens with zero attached hydrogens (tertiary/aromatic N) is 2. The lowest BCUT2D eigenvalue weighted by atomic mass is 10.1. The minimum Gasteiger partial charge on any atom is -0.443 e. The maximum Gasteiger partial charge on any atom is 0.253 e. The lowest BCUT2D eigenvalue weighted by Gasteiger charge is -2.13. The number of thiophene rings is 1. The van der Waals surface area contributed by atoms with E-state index in [4.69, 9.17) is 50.0 Å². The van der Waals surface area contributed by atoms with Crippen LogP contribution in [0.15, 0.2) is 5.38 Å². The second-order valence-electron chi connectivity index (χ2n) is 5.08. The first-order chi connectivity index (χ1) is 12.9. The van der Waals surface area contributed by atoms with Crippen molar-refractivity contribution in [2.45, 2.75) is 13.3 Å². The summed E-state index contributed by atoms with van der Waals surface area (Å²) < 4.78 is 11.0. The van der Waals surface area contributed by atoms with E-state index in [0.717, 1.165) is 11.3 Å². The molecule has 6 nitrogen and oxygen atoms in total. The molecule has 0 saturated heterocycles. The highest BCUT2D eigenvalue weighted by atomic mass is 35.5. The van der Waals surface area contributed by atoms with E-state index in [-0.39, 0.29) is 42.6 Å². The summed E-state index contributed by atoms with van der Waals surface area (Å²) in [6.45, 7) is 2.81. The normalized spacial score (nSPS) is 10.3. The van der Waals surface area contributed by atoms with Crippen LogP contribution in [0.4, 0.5) is 0 Å². The van der Waals surface area contributed by atoms with Crippen molar-refractivity contribution in [3.63, 3.8) is 0 Å². The van der Waals surface area contributed by atoms with E-state index in [1.54, 1.807) is 11.4 Å². The third kappa shape index (κ3) is 4.30. The van der Waals surface area contributed by atoms with Crippen LogP contribution in [0.5, 0.6) is 10.8 Å². The summed E-state index contributed by atoms with van der Waals surface area (Å²) in [5.41, 5.74) is 5.93. The van der Waals surface area contributed by atoms with Gasteiger partial charge >= 0.3 is 0 Å². The van der Waals surface area contributed by atoms with Gasteiger partial charge in [-0.15, -0.1) is 11.3 Å². The molecule has 0 bridgehead atoms. The van der Waals surface area contributed by atoms with Crippen molar-refractivity contribution in [2.24, 2.45) is 5.73 Å². The first-order valence-corrected chi connectivity index (χ1v) is 9.55. The van der Waals surface area contributed by atoms with Crippen LogP contribution in [0.3, 0.4) is 0 Å². The molecule has 0 unspecified atom stereocenters. The van der Waals surface area contributed by atoms with Crippen LogP contribution in [0.1, 0.15) is 34.0 Å². The molecule has 1 heterocycles. The van der Waals surface area contributed by atoms with E-state index < -0.39 is 5.91 Å². The summed E-state index contributed by atoms with van der Waals surface area (Å²) in [5.74, 6) is -0.862. The molecule has 0 saturated carbocycles. The number of hydrogen-bond donors (Lipinski definition) is 1. The Kier molecular flexibility index (Phi) is 7.32. The van der Waals surface area contributed by atoms with E-state index in [9.17, 15) is 15.3 Å². The van der Waals surface area contributed by atoms with Crippen molar-refractivity contribution in [1.29, 1.82) is 10.5 Å². The second-order valence-corrected chi connectivity index (χ2v) is 7.06. The number of nitrogens with two attached hydrogens (primary N) is 1. The average Bonchev–Trinajstić information content (AvgIpc) is 3.04. The van der Waals surface area contributed by atoms with Gasteiger partial charge in [-0.1, -0.05) is 34.8 Å². The van der Waals surface area contributed by atoms with Crippen LogP contribution in [0.2, 0.25) is 15.1 Å². The lowest BCUT2D eigenvalue weighted by Crippen LogP contribution is -2.14. The third-order valence-electron chi connectivity index (χ3n) is 3.50. The van der Waals surface area contributed by atoms with E-state index in [0.29, 0.717) is 25.2 Å². The molecule has 27 heavy (non-hydrogen) atoms. The molecule has 2 aromatic rings. The number of rotatable bonds is 7. The van der Waals surface area contributed by atoms with Gasteiger partial charge in [0.2, 0.25) is 0 Å². The molecule has 2 N–H and O–H groups in total. The number of primary amides is 1. The topological polar surface area (TPSA) is 109 Å². The summed E-state index contributed by atoms with van der Waals surface area (Å²) in [5, 5.41) is 20.1. The fourth-order valence-electron chi connectivity index (χ4n) is 2.26. The molecule has 2 rings (SSSR count). The molecule has 0 atom stereocenters. The van der Waals surface area contributed by atoms with Crippen LogP contribution < -0.4 is 10.5 Å². The van der Waals surface area contributed by atoms with Gasteiger partial charge < -0.3 is 15.2 Å². The Balaban J connectivity index is 2.55. The van der Waals surface area contributed by atoms with Gasteiger partial charge in [0.25, 0.3) is 5.91 Å². The monoisotopic (exact) mass is 443 g/mol. The fourth-order valence-corrected chi connectivity index (χ4v) is 3.91. The quantitative estimate of drug-likeness (QED) is 0.481. The highest BCUT2D eigenvalue weighted by Crippen LogP contribution is 2.46. The van der Waals surface area contributed by atoms with Crippen LogP contribution in [-0.4, -0.2) is 19.1 Å². The second kappa shape index (κ2) is 9.27.